The second kappa shape index (κ2) is 2.74. The molecule has 0 N–H and O–H groups in total. The lowest BCUT2D eigenvalue weighted by Crippen LogP contribution is -2.17. The second-order valence-electron chi connectivity index (χ2n) is 3.24. The molecule has 0 spiro atoms. The van der Waals surface area contributed by atoms with Gasteiger partial charge < -0.3 is 0 Å². The lowest BCUT2D eigenvalue weighted by molar-refractivity contribution is 0.432. The zero-order chi connectivity index (χ0) is 7.84. The van der Waals surface area contributed by atoms with Crippen molar-refractivity contribution in [2.75, 3.05) is 0 Å². The summed E-state index contributed by atoms with van der Waals surface area (Å²) in [5, 5.41) is 0. The summed E-state index contributed by atoms with van der Waals surface area (Å²) < 4.78 is 13.2. The first-order chi connectivity index (χ1) is 5.29. The molecule has 0 amide bonds. The van der Waals surface area contributed by atoms with E-state index >= 15 is 0 Å². The Morgan fingerprint density at radius 1 is 1.45 bits per heavy atom. The lowest BCUT2D eigenvalue weighted by Gasteiger charge is -2.20. The molecule has 2 aliphatic carbocycles. The molecule has 2 atom stereocenters. The van der Waals surface area contributed by atoms with Crippen LogP contribution in [0.15, 0.2) is 24.1 Å². The molecule has 0 nitrogen and oxygen atoms in total. The van der Waals surface area contributed by atoms with Crippen LogP contribution in [0.1, 0.15) is 12.8 Å². The average molecular weight is 217 g/mol. The SMILES string of the molecule is FC1=CC=CC(Br)C1C1CC1. The fraction of sp³-hybridized carbons (Fsp3) is 0.556. The van der Waals surface area contributed by atoms with Gasteiger partial charge in [0, 0.05) is 10.7 Å². The highest BCUT2D eigenvalue weighted by Gasteiger charge is 2.38. The molecule has 0 aromatic rings. The van der Waals surface area contributed by atoms with Gasteiger partial charge in [0.1, 0.15) is 5.83 Å². The first-order valence-corrected chi connectivity index (χ1v) is 4.88. The largest absolute Gasteiger partial charge is 0.211 e. The van der Waals surface area contributed by atoms with Gasteiger partial charge >= 0.3 is 0 Å². The Bertz CT molecular complexity index is 216. The van der Waals surface area contributed by atoms with Crippen molar-refractivity contribution in [1.29, 1.82) is 0 Å². The molecule has 0 bridgehead atoms. The third-order valence-electron chi connectivity index (χ3n) is 2.34. The third-order valence-corrected chi connectivity index (χ3v) is 3.22. The molecule has 0 aromatic carbocycles. The molecule has 0 radical (unpaired) electrons. The van der Waals surface area contributed by atoms with E-state index in [1.54, 1.807) is 12.2 Å². The maximum absolute atomic E-state index is 13.2. The van der Waals surface area contributed by atoms with Crippen molar-refractivity contribution in [3.8, 4) is 0 Å². The van der Waals surface area contributed by atoms with Crippen LogP contribution in [0.3, 0.4) is 0 Å². The van der Waals surface area contributed by atoms with Gasteiger partial charge in [0.15, 0.2) is 0 Å². The number of halogens is 2. The summed E-state index contributed by atoms with van der Waals surface area (Å²) in [4.78, 5) is 0.222. The number of alkyl halides is 1. The minimum absolute atomic E-state index is 0.0527. The number of rotatable bonds is 1. The van der Waals surface area contributed by atoms with E-state index in [0.717, 1.165) is 0 Å². The van der Waals surface area contributed by atoms with Crippen LogP contribution < -0.4 is 0 Å². The molecule has 1 saturated carbocycles. The van der Waals surface area contributed by atoms with Crippen molar-refractivity contribution in [2.24, 2.45) is 11.8 Å². The molecule has 0 heterocycles. The fourth-order valence-electron chi connectivity index (χ4n) is 1.58. The van der Waals surface area contributed by atoms with Crippen LogP contribution in [0.25, 0.3) is 0 Å². The van der Waals surface area contributed by atoms with Crippen LogP contribution in [0.4, 0.5) is 4.39 Å². The van der Waals surface area contributed by atoms with Crippen molar-refractivity contribution >= 4 is 15.9 Å². The molecule has 2 aliphatic rings. The number of allylic oxidation sites excluding steroid dienone is 4. The second-order valence-corrected chi connectivity index (χ2v) is 4.30. The van der Waals surface area contributed by atoms with E-state index in [2.05, 4.69) is 15.9 Å². The normalized spacial score (nSPS) is 37.1. The Hall–Kier alpha value is -0.110. The highest BCUT2D eigenvalue weighted by atomic mass is 79.9. The molecule has 0 aromatic heterocycles. The summed E-state index contributed by atoms with van der Waals surface area (Å²) in [5.74, 6) is 0.775. The summed E-state index contributed by atoms with van der Waals surface area (Å²) in [7, 11) is 0. The predicted octanol–water partition coefficient (Wildman–Crippen LogP) is 3.20. The zero-order valence-electron chi connectivity index (χ0n) is 6.13. The monoisotopic (exact) mass is 216 g/mol. The zero-order valence-corrected chi connectivity index (χ0v) is 7.72. The first kappa shape index (κ1) is 7.53. The van der Waals surface area contributed by atoms with E-state index in [1.807, 2.05) is 6.08 Å². The maximum atomic E-state index is 13.2. The molecular formula is C9H10BrF. The van der Waals surface area contributed by atoms with Gasteiger partial charge in [-0.1, -0.05) is 28.1 Å². The van der Waals surface area contributed by atoms with Crippen LogP contribution >= 0.6 is 15.9 Å². The number of hydrogen-bond donors (Lipinski definition) is 0. The van der Waals surface area contributed by atoms with Crippen LogP contribution in [-0.4, -0.2) is 4.83 Å². The summed E-state index contributed by atoms with van der Waals surface area (Å²) in [5.41, 5.74) is 0. The van der Waals surface area contributed by atoms with Crippen molar-refractivity contribution in [3.05, 3.63) is 24.1 Å². The van der Waals surface area contributed by atoms with E-state index < -0.39 is 0 Å². The van der Waals surface area contributed by atoms with Crippen LogP contribution in [0.5, 0.6) is 0 Å². The number of hydrogen-bond acceptors (Lipinski definition) is 0. The van der Waals surface area contributed by atoms with E-state index in [-0.39, 0.29) is 16.6 Å². The Kier molecular flexibility index (Phi) is 1.88. The van der Waals surface area contributed by atoms with E-state index in [1.165, 1.54) is 12.8 Å². The van der Waals surface area contributed by atoms with E-state index in [4.69, 9.17) is 0 Å². The van der Waals surface area contributed by atoms with Gasteiger partial charge in [-0.2, -0.15) is 0 Å². The summed E-state index contributed by atoms with van der Waals surface area (Å²) in [6.07, 6.45) is 7.78. The summed E-state index contributed by atoms with van der Waals surface area (Å²) >= 11 is 3.47. The Balaban J connectivity index is 2.16. The Morgan fingerprint density at radius 3 is 2.73 bits per heavy atom. The van der Waals surface area contributed by atoms with Crippen molar-refractivity contribution < 1.29 is 4.39 Å². The Morgan fingerprint density at radius 2 is 2.18 bits per heavy atom. The molecule has 2 rings (SSSR count). The molecule has 2 unspecified atom stereocenters. The topological polar surface area (TPSA) is 0 Å². The van der Waals surface area contributed by atoms with Gasteiger partial charge in [-0.25, -0.2) is 4.39 Å². The van der Waals surface area contributed by atoms with E-state index in [0.29, 0.717) is 5.92 Å². The quantitative estimate of drug-likeness (QED) is 0.591. The van der Waals surface area contributed by atoms with Gasteiger partial charge in [0.05, 0.1) is 0 Å². The van der Waals surface area contributed by atoms with Crippen molar-refractivity contribution in [2.45, 2.75) is 17.7 Å². The van der Waals surface area contributed by atoms with Crippen molar-refractivity contribution in [3.63, 3.8) is 0 Å². The standard InChI is InChI=1S/C9H10BrF/c10-7-2-1-3-8(11)9(7)6-4-5-6/h1-3,6-7,9H,4-5H2. The average Bonchev–Trinajstić information content (AvgIpc) is 2.70. The summed E-state index contributed by atoms with van der Waals surface area (Å²) in [6, 6.07) is 0. The molecular weight excluding hydrogens is 207 g/mol. The molecule has 60 valence electrons. The van der Waals surface area contributed by atoms with Crippen LogP contribution in [0.2, 0.25) is 0 Å². The van der Waals surface area contributed by atoms with Gasteiger partial charge in [0.2, 0.25) is 0 Å². The van der Waals surface area contributed by atoms with E-state index in [9.17, 15) is 4.39 Å². The van der Waals surface area contributed by atoms with Gasteiger partial charge in [-0.15, -0.1) is 0 Å². The summed E-state index contributed by atoms with van der Waals surface area (Å²) in [6.45, 7) is 0. The first-order valence-electron chi connectivity index (χ1n) is 3.97. The third kappa shape index (κ3) is 1.41. The van der Waals surface area contributed by atoms with Gasteiger partial charge in [-0.3, -0.25) is 0 Å². The highest BCUT2D eigenvalue weighted by molar-refractivity contribution is 9.09. The molecule has 0 saturated heterocycles. The lowest BCUT2D eigenvalue weighted by atomic mass is 9.94. The molecule has 1 fully saturated rings. The predicted molar refractivity (Wildman–Crippen MR) is 47.3 cm³/mol. The van der Waals surface area contributed by atoms with Crippen molar-refractivity contribution in [1.82, 2.24) is 0 Å². The smallest absolute Gasteiger partial charge is 0.105 e. The molecule has 0 aliphatic heterocycles. The van der Waals surface area contributed by atoms with Crippen LogP contribution in [0, 0.1) is 11.8 Å². The minimum atomic E-state index is 0.0527. The van der Waals surface area contributed by atoms with Crippen LogP contribution in [-0.2, 0) is 0 Å². The minimum Gasteiger partial charge on any atom is -0.211 e. The van der Waals surface area contributed by atoms with Gasteiger partial charge in [-0.05, 0) is 24.8 Å². The maximum Gasteiger partial charge on any atom is 0.105 e. The molecule has 11 heavy (non-hydrogen) atoms. The fourth-order valence-corrected chi connectivity index (χ4v) is 2.44. The highest BCUT2D eigenvalue weighted by Crippen LogP contribution is 2.45. The Labute approximate surface area is 74.3 Å². The van der Waals surface area contributed by atoms with Gasteiger partial charge in [0.25, 0.3) is 0 Å². The molecule has 2 heteroatoms.